The number of hydrogen-bond donors (Lipinski definition) is 1. The van der Waals surface area contributed by atoms with Crippen LogP contribution in [-0.2, 0) is 14.3 Å². The standard InChI is InChI=1S/C17H30N2O3/c1-7-9-13(8-2)10-11-14(15(18)20)19-12(3)16(21)22-17(4,5)6/h8,12-13H,2,7,9-11H2,1,3-6H3,(H2,18,20)/b19-14+. The van der Waals surface area contributed by atoms with Crippen molar-refractivity contribution in [2.45, 2.75) is 71.9 Å². The van der Waals surface area contributed by atoms with Crippen molar-refractivity contribution in [1.82, 2.24) is 0 Å². The molecule has 22 heavy (non-hydrogen) atoms. The summed E-state index contributed by atoms with van der Waals surface area (Å²) >= 11 is 0. The van der Waals surface area contributed by atoms with Crippen LogP contribution in [0, 0.1) is 5.92 Å². The van der Waals surface area contributed by atoms with Crippen LogP contribution in [0.15, 0.2) is 17.6 Å². The predicted molar refractivity (Wildman–Crippen MR) is 89.8 cm³/mol. The first-order valence-electron chi connectivity index (χ1n) is 7.82. The van der Waals surface area contributed by atoms with E-state index in [0.29, 0.717) is 12.3 Å². The number of nitrogens with zero attached hydrogens (tertiary/aromatic N) is 1. The maximum atomic E-state index is 11.9. The zero-order chi connectivity index (χ0) is 17.3. The Balaban J connectivity index is 4.82. The summed E-state index contributed by atoms with van der Waals surface area (Å²) < 4.78 is 5.25. The predicted octanol–water partition coefficient (Wildman–Crippen LogP) is 3.03. The fraction of sp³-hybridized carbons (Fsp3) is 0.706. The molecule has 0 aromatic rings. The lowest BCUT2D eigenvalue weighted by Gasteiger charge is -2.21. The quantitative estimate of drug-likeness (QED) is 0.404. The minimum atomic E-state index is -0.741. The third-order valence-electron chi connectivity index (χ3n) is 3.13. The highest BCUT2D eigenvalue weighted by Gasteiger charge is 2.22. The Morgan fingerprint density at radius 3 is 2.32 bits per heavy atom. The largest absolute Gasteiger partial charge is 0.458 e. The van der Waals surface area contributed by atoms with E-state index in [1.165, 1.54) is 0 Å². The Bertz CT molecular complexity index is 422. The fourth-order valence-corrected chi connectivity index (χ4v) is 2.00. The number of primary amides is 1. The molecule has 0 aromatic carbocycles. The topological polar surface area (TPSA) is 81.8 Å². The molecule has 2 N–H and O–H groups in total. The van der Waals surface area contributed by atoms with Crippen LogP contribution in [0.1, 0.15) is 60.3 Å². The van der Waals surface area contributed by atoms with Crippen molar-refractivity contribution in [3.63, 3.8) is 0 Å². The number of nitrogens with two attached hydrogens (primary N) is 1. The maximum absolute atomic E-state index is 11.9. The van der Waals surface area contributed by atoms with Gasteiger partial charge in [-0.1, -0.05) is 19.4 Å². The number of allylic oxidation sites excluding steroid dienone is 1. The molecular formula is C17H30N2O3. The molecule has 0 saturated carbocycles. The maximum Gasteiger partial charge on any atom is 0.331 e. The molecule has 0 aliphatic rings. The Kier molecular flexibility index (Phi) is 8.68. The van der Waals surface area contributed by atoms with Crippen LogP contribution >= 0.6 is 0 Å². The van der Waals surface area contributed by atoms with Crippen LogP contribution in [0.3, 0.4) is 0 Å². The van der Waals surface area contributed by atoms with Gasteiger partial charge in [-0.3, -0.25) is 9.79 Å². The van der Waals surface area contributed by atoms with Crippen molar-refractivity contribution >= 4 is 17.6 Å². The van der Waals surface area contributed by atoms with Gasteiger partial charge in [-0.25, -0.2) is 4.79 Å². The molecule has 0 spiro atoms. The highest BCUT2D eigenvalue weighted by Crippen LogP contribution is 2.16. The zero-order valence-corrected chi connectivity index (χ0v) is 14.5. The molecule has 0 saturated heterocycles. The van der Waals surface area contributed by atoms with Gasteiger partial charge in [-0.05, 0) is 52.9 Å². The Morgan fingerprint density at radius 1 is 1.32 bits per heavy atom. The molecule has 0 aliphatic carbocycles. The monoisotopic (exact) mass is 310 g/mol. The molecule has 5 nitrogen and oxygen atoms in total. The molecule has 126 valence electrons. The van der Waals surface area contributed by atoms with Gasteiger partial charge in [0.2, 0.25) is 0 Å². The molecule has 0 heterocycles. The number of amides is 1. The van der Waals surface area contributed by atoms with Crippen LogP contribution in [0.2, 0.25) is 0 Å². The highest BCUT2D eigenvalue weighted by molar-refractivity contribution is 6.38. The van der Waals surface area contributed by atoms with Gasteiger partial charge in [0, 0.05) is 0 Å². The number of aliphatic imine (C=N–C) groups is 1. The second-order valence-electron chi connectivity index (χ2n) is 6.47. The molecule has 2 unspecified atom stereocenters. The second-order valence-corrected chi connectivity index (χ2v) is 6.47. The summed E-state index contributed by atoms with van der Waals surface area (Å²) in [6.07, 6.45) is 5.14. The van der Waals surface area contributed by atoms with E-state index in [4.69, 9.17) is 10.5 Å². The molecule has 1 amide bonds. The van der Waals surface area contributed by atoms with Crippen molar-refractivity contribution < 1.29 is 14.3 Å². The highest BCUT2D eigenvalue weighted by atomic mass is 16.6. The Labute approximate surface area is 134 Å². The molecular weight excluding hydrogens is 280 g/mol. The first-order chi connectivity index (χ1) is 10.1. The lowest BCUT2D eigenvalue weighted by Crippen LogP contribution is -2.32. The van der Waals surface area contributed by atoms with Crippen molar-refractivity contribution in [3.8, 4) is 0 Å². The Hall–Kier alpha value is -1.65. The van der Waals surface area contributed by atoms with Gasteiger partial charge in [0.05, 0.1) is 0 Å². The molecule has 0 fully saturated rings. The molecule has 0 radical (unpaired) electrons. The minimum absolute atomic E-state index is 0.237. The smallest absolute Gasteiger partial charge is 0.331 e. The van der Waals surface area contributed by atoms with Gasteiger partial charge in [0.1, 0.15) is 17.4 Å². The molecule has 5 heteroatoms. The van der Waals surface area contributed by atoms with Crippen molar-refractivity contribution in [1.29, 1.82) is 0 Å². The summed E-state index contributed by atoms with van der Waals surface area (Å²) in [4.78, 5) is 27.6. The normalized spacial score (nSPS) is 15.0. The van der Waals surface area contributed by atoms with Crippen LogP contribution in [-0.4, -0.2) is 29.2 Å². The van der Waals surface area contributed by atoms with Gasteiger partial charge in [-0.15, -0.1) is 6.58 Å². The summed E-state index contributed by atoms with van der Waals surface area (Å²) in [5.41, 5.74) is 5.02. The number of esters is 1. The summed E-state index contributed by atoms with van der Waals surface area (Å²) in [5.74, 6) is -0.721. The van der Waals surface area contributed by atoms with Gasteiger partial charge >= 0.3 is 5.97 Å². The first kappa shape index (κ1) is 20.3. The number of carbonyl (C=O) groups is 2. The average molecular weight is 310 g/mol. The van der Waals surface area contributed by atoms with E-state index in [2.05, 4.69) is 18.5 Å². The Morgan fingerprint density at radius 2 is 1.91 bits per heavy atom. The van der Waals surface area contributed by atoms with Crippen LogP contribution < -0.4 is 5.73 Å². The lowest BCUT2D eigenvalue weighted by molar-refractivity contribution is -0.155. The van der Waals surface area contributed by atoms with E-state index in [0.717, 1.165) is 19.3 Å². The minimum Gasteiger partial charge on any atom is -0.458 e. The third kappa shape index (κ3) is 8.60. The molecule has 0 bridgehead atoms. The number of ether oxygens (including phenoxy) is 1. The number of hydrogen-bond acceptors (Lipinski definition) is 4. The molecule has 0 rings (SSSR count). The zero-order valence-electron chi connectivity index (χ0n) is 14.5. The summed E-state index contributed by atoms with van der Waals surface area (Å²) in [5, 5.41) is 0. The molecule has 0 aromatic heterocycles. The average Bonchev–Trinajstić information content (AvgIpc) is 2.39. The summed E-state index contributed by atoms with van der Waals surface area (Å²) in [6, 6.07) is -0.741. The second kappa shape index (κ2) is 9.38. The van der Waals surface area contributed by atoms with E-state index in [-0.39, 0.29) is 5.71 Å². The molecule has 2 atom stereocenters. The molecule has 0 aliphatic heterocycles. The van der Waals surface area contributed by atoms with Crippen LogP contribution in [0.4, 0.5) is 0 Å². The van der Waals surface area contributed by atoms with Crippen LogP contribution in [0.25, 0.3) is 0 Å². The summed E-state index contributed by atoms with van der Waals surface area (Å²) in [7, 11) is 0. The lowest BCUT2D eigenvalue weighted by atomic mass is 9.96. The van der Waals surface area contributed by atoms with E-state index >= 15 is 0 Å². The summed E-state index contributed by atoms with van der Waals surface area (Å²) in [6.45, 7) is 12.9. The number of rotatable bonds is 9. The van der Waals surface area contributed by atoms with Gasteiger partial charge in [0.25, 0.3) is 5.91 Å². The van der Waals surface area contributed by atoms with E-state index in [1.807, 2.05) is 6.08 Å². The van der Waals surface area contributed by atoms with Crippen molar-refractivity contribution in [2.75, 3.05) is 0 Å². The number of carbonyl (C=O) groups excluding carboxylic acids is 2. The van der Waals surface area contributed by atoms with Gasteiger partial charge in [-0.2, -0.15) is 0 Å². The van der Waals surface area contributed by atoms with E-state index in [9.17, 15) is 9.59 Å². The van der Waals surface area contributed by atoms with E-state index in [1.54, 1.807) is 27.7 Å². The first-order valence-corrected chi connectivity index (χ1v) is 7.82. The third-order valence-corrected chi connectivity index (χ3v) is 3.13. The van der Waals surface area contributed by atoms with Crippen LogP contribution in [0.5, 0.6) is 0 Å². The van der Waals surface area contributed by atoms with Gasteiger partial charge in [0.15, 0.2) is 0 Å². The fourth-order valence-electron chi connectivity index (χ4n) is 2.00. The van der Waals surface area contributed by atoms with Crippen molar-refractivity contribution in [2.24, 2.45) is 16.6 Å². The van der Waals surface area contributed by atoms with Crippen molar-refractivity contribution in [3.05, 3.63) is 12.7 Å². The SMILES string of the molecule is C=CC(CCC)CC/C(=N\C(C)C(=O)OC(C)(C)C)C(N)=O. The van der Waals surface area contributed by atoms with Gasteiger partial charge < -0.3 is 10.5 Å². The van der Waals surface area contributed by atoms with E-state index < -0.39 is 23.5 Å².